The summed E-state index contributed by atoms with van der Waals surface area (Å²) in [6, 6.07) is 5.33. The van der Waals surface area contributed by atoms with Gasteiger partial charge in [0.2, 0.25) is 0 Å². The monoisotopic (exact) mass is 346 g/mol. The van der Waals surface area contributed by atoms with Crippen LogP contribution in [-0.4, -0.2) is 31.2 Å². The minimum absolute atomic E-state index is 0.101. The molecule has 0 bridgehead atoms. The Morgan fingerprint density at radius 3 is 2.83 bits per heavy atom. The zero-order valence-corrected chi connectivity index (χ0v) is 15.1. The molecule has 0 aliphatic carbocycles. The lowest BCUT2D eigenvalue weighted by Crippen LogP contribution is -2.26. The zero-order valence-electron chi connectivity index (χ0n) is 14.2. The number of fused-ring (bicyclic) bond motifs is 1. The number of carbonyl (C=O) groups excluding carboxylic acids is 1. The van der Waals surface area contributed by atoms with E-state index in [-0.39, 0.29) is 5.91 Å². The zero-order chi connectivity index (χ0) is 17.1. The second-order valence-corrected chi connectivity index (χ2v) is 6.78. The Kier molecular flexibility index (Phi) is 5.04. The van der Waals surface area contributed by atoms with Crippen molar-refractivity contribution in [1.29, 1.82) is 0 Å². The molecule has 1 aliphatic rings. The fraction of sp³-hybridized carbons (Fsp3) is 0.444. The molecule has 1 aromatic heterocycles. The van der Waals surface area contributed by atoms with Crippen LogP contribution in [0, 0.1) is 0 Å². The van der Waals surface area contributed by atoms with Crippen molar-refractivity contribution in [3.8, 4) is 11.5 Å². The van der Waals surface area contributed by atoms with Crippen molar-refractivity contribution in [2.24, 2.45) is 0 Å². The summed E-state index contributed by atoms with van der Waals surface area (Å²) in [5.74, 6) is 1.62. The molecule has 2 heterocycles. The molecule has 1 amide bonds. The summed E-state index contributed by atoms with van der Waals surface area (Å²) in [6.07, 6.45) is 1.87. The van der Waals surface area contributed by atoms with E-state index in [4.69, 9.17) is 9.47 Å². The third-order valence-corrected chi connectivity index (χ3v) is 5.15. The van der Waals surface area contributed by atoms with Crippen molar-refractivity contribution in [1.82, 2.24) is 4.98 Å². The topological polar surface area (TPSA) is 51.7 Å². The normalized spacial score (nSPS) is 14.8. The minimum atomic E-state index is -0.101. The van der Waals surface area contributed by atoms with Gasteiger partial charge >= 0.3 is 0 Å². The summed E-state index contributed by atoms with van der Waals surface area (Å²) in [5, 5.41) is 2.74. The number of rotatable bonds is 4. The first-order valence-corrected chi connectivity index (χ1v) is 9.11. The highest BCUT2D eigenvalue weighted by atomic mass is 32.1. The molecule has 1 aromatic carbocycles. The summed E-state index contributed by atoms with van der Waals surface area (Å²) in [7, 11) is 1.75. The van der Waals surface area contributed by atoms with Crippen LogP contribution < -0.4 is 14.4 Å². The van der Waals surface area contributed by atoms with E-state index in [1.807, 2.05) is 5.38 Å². The first-order valence-electron chi connectivity index (χ1n) is 8.23. The molecular weight excluding hydrogens is 324 g/mol. The lowest BCUT2D eigenvalue weighted by Gasteiger charge is -2.15. The van der Waals surface area contributed by atoms with Gasteiger partial charge in [-0.15, -0.1) is 11.3 Å². The molecule has 0 N–H and O–H groups in total. The fourth-order valence-corrected chi connectivity index (χ4v) is 3.35. The number of aromatic nitrogens is 1. The van der Waals surface area contributed by atoms with Gasteiger partial charge in [0.25, 0.3) is 5.91 Å². The quantitative estimate of drug-likeness (QED) is 0.836. The number of thiazole rings is 1. The molecular formula is C18H22N2O3S. The molecule has 0 fully saturated rings. The maximum atomic E-state index is 12.8. The van der Waals surface area contributed by atoms with Gasteiger partial charge in [-0.25, -0.2) is 4.98 Å². The van der Waals surface area contributed by atoms with Gasteiger partial charge in [-0.05, 0) is 30.5 Å². The third-order valence-electron chi connectivity index (χ3n) is 4.21. The summed E-state index contributed by atoms with van der Waals surface area (Å²) in [6.45, 7) is 5.52. The molecule has 0 saturated carbocycles. The maximum absolute atomic E-state index is 12.8. The lowest BCUT2D eigenvalue weighted by atomic mass is 10.1. The molecule has 6 heteroatoms. The molecule has 5 nitrogen and oxygen atoms in total. The van der Waals surface area contributed by atoms with Gasteiger partial charge in [-0.2, -0.15) is 0 Å². The van der Waals surface area contributed by atoms with Gasteiger partial charge in [0, 0.05) is 24.4 Å². The van der Waals surface area contributed by atoms with Crippen molar-refractivity contribution in [2.75, 3.05) is 25.2 Å². The highest BCUT2D eigenvalue weighted by Gasteiger charge is 2.20. The third kappa shape index (κ3) is 3.38. The Labute approximate surface area is 146 Å². The molecule has 0 spiro atoms. The highest BCUT2D eigenvalue weighted by molar-refractivity contribution is 7.14. The van der Waals surface area contributed by atoms with Crippen molar-refractivity contribution in [2.45, 2.75) is 32.6 Å². The van der Waals surface area contributed by atoms with Crippen LogP contribution in [0.25, 0.3) is 0 Å². The Balaban J connectivity index is 1.80. The number of ether oxygens (including phenoxy) is 2. The number of carbonyl (C=O) groups is 1. The average Bonchev–Trinajstić information content (AvgIpc) is 2.98. The molecule has 1 unspecified atom stereocenters. The fourth-order valence-electron chi connectivity index (χ4n) is 2.44. The Bertz CT molecular complexity index is 729. The van der Waals surface area contributed by atoms with Crippen LogP contribution in [0.4, 0.5) is 5.13 Å². The number of hydrogen-bond acceptors (Lipinski definition) is 5. The maximum Gasteiger partial charge on any atom is 0.259 e. The van der Waals surface area contributed by atoms with Gasteiger partial charge in [0.15, 0.2) is 16.6 Å². The van der Waals surface area contributed by atoms with E-state index in [9.17, 15) is 4.79 Å². The van der Waals surface area contributed by atoms with Gasteiger partial charge in [-0.1, -0.05) is 13.8 Å². The first-order chi connectivity index (χ1) is 11.6. The van der Waals surface area contributed by atoms with Crippen LogP contribution in [0.2, 0.25) is 0 Å². The van der Waals surface area contributed by atoms with Crippen LogP contribution in [0.5, 0.6) is 11.5 Å². The molecule has 128 valence electrons. The Morgan fingerprint density at radius 2 is 2.08 bits per heavy atom. The van der Waals surface area contributed by atoms with Crippen molar-refractivity contribution < 1.29 is 14.3 Å². The van der Waals surface area contributed by atoms with E-state index in [1.54, 1.807) is 30.1 Å². The van der Waals surface area contributed by atoms with Crippen molar-refractivity contribution in [3.05, 3.63) is 34.8 Å². The Morgan fingerprint density at radius 1 is 1.33 bits per heavy atom. The summed E-state index contributed by atoms with van der Waals surface area (Å²) < 4.78 is 11.3. The molecule has 0 radical (unpaired) electrons. The minimum Gasteiger partial charge on any atom is -0.490 e. The van der Waals surface area contributed by atoms with E-state index in [1.165, 1.54) is 11.3 Å². The Hall–Kier alpha value is -2.08. The van der Waals surface area contributed by atoms with Crippen LogP contribution in [-0.2, 0) is 0 Å². The van der Waals surface area contributed by atoms with Crippen LogP contribution in [0.15, 0.2) is 23.6 Å². The average molecular weight is 346 g/mol. The lowest BCUT2D eigenvalue weighted by molar-refractivity contribution is 0.0992. The van der Waals surface area contributed by atoms with E-state index in [2.05, 4.69) is 18.8 Å². The number of anilines is 1. The van der Waals surface area contributed by atoms with E-state index in [0.717, 1.165) is 18.5 Å². The molecule has 1 aliphatic heterocycles. The molecule has 3 rings (SSSR count). The number of hydrogen-bond donors (Lipinski definition) is 0. The largest absolute Gasteiger partial charge is 0.490 e. The molecule has 24 heavy (non-hydrogen) atoms. The second kappa shape index (κ2) is 7.21. The van der Waals surface area contributed by atoms with Gasteiger partial charge < -0.3 is 9.47 Å². The predicted molar refractivity (Wildman–Crippen MR) is 95.6 cm³/mol. The van der Waals surface area contributed by atoms with Gasteiger partial charge in [0.05, 0.1) is 18.9 Å². The smallest absolute Gasteiger partial charge is 0.259 e. The van der Waals surface area contributed by atoms with E-state index < -0.39 is 0 Å². The summed E-state index contributed by atoms with van der Waals surface area (Å²) >= 11 is 1.49. The molecule has 2 aromatic rings. The number of amides is 1. The summed E-state index contributed by atoms with van der Waals surface area (Å²) in [4.78, 5) is 19.0. The van der Waals surface area contributed by atoms with Crippen molar-refractivity contribution >= 4 is 22.4 Å². The van der Waals surface area contributed by atoms with Crippen LogP contribution in [0.3, 0.4) is 0 Å². The van der Waals surface area contributed by atoms with Gasteiger partial charge in [-0.3, -0.25) is 9.69 Å². The SMILES string of the molecule is CCC(C)c1csc(N(C)C(=O)c2ccc3c(c2)OCCCO3)n1. The van der Waals surface area contributed by atoms with E-state index in [0.29, 0.717) is 41.3 Å². The van der Waals surface area contributed by atoms with E-state index >= 15 is 0 Å². The molecule has 0 saturated heterocycles. The first kappa shape index (κ1) is 16.8. The predicted octanol–water partition coefficient (Wildman–Crippen LogP) is 4.09. The molecule has 1 atom stereocenters. The van der Waals surface area contributed by atoms with Crippen molar-refractivity contribution in [3.63, 3.8) is 0 Å². The number of benzene rings is 1. The second-order valence-electron chi connectivity index (χ2n) is 5.94. The van der Waals surface area contributed by atoms with Crippen LogP contribution >= 0.6 is 11.3 Å². The number of nitrogens with zero attached hydrogens (tertiary/aromatic N) is 2. The summed E-state index contributed by atoms with van der Waals surface area (Å²) in [5.41, 5.74) is 1.61. The standard InChI is InChI=1S/C18H22N2O3S/c1-4-12(2)14-11-24-18(19-14)20(3)17(21)13-6-7-15-16(10-13)23-9-5-8-22-15/h6-7,10-12H,4-5,8-9H2,1-3H3. The highest BCUT2D eigenvalue weighted by Crippen LogP contribution is 2.32. The van der Waals surface area contributed by atoms with Crippen LogP contribution in [0.1, 0.15) is 48.7 Å². The van der Waals surface area contributed by atoms with Gasteiger partial charge in [0.1, 0.15) is 0 Å².